The number of aryl methyl sites for hydroxylation is 1. The summed E-state index contributed by atoms with van der Waals surface area (Å²) in [5.74, 6) is 1.57. The van der Waals surface area contributed by atoms with E-state index in [9.17, 15) is 0 Å². The minimum Gasteiger partial charge on any atom is -0.416 e. The van der Waals surface area contributed by atoms with Gasteiger partial charge in [0, 0.05) is 24.8 Å². The third-order valence-electron chi connectivity index (χ3n) is 2.32. The molecule has 1 N–H and O–H groups in total. The summed E-state index contributed by atoms with van der Waals surface area (Å²) < 4.78 is 5.25. The SMILES string of the molecule is CCC(C)(C)NCCSc1nnc(C)o1. The Hall–Kier alpha value is -0.550. The van der Waals surface area contributed by atoms with Gasteiger partial charge in [-0.2, -0.15) is 0 Å². The van der Waals surface area contributed by atoms with Crippen molar-refractivity contribution in [1.82, 2.24) is 15.5 Å². The first-order valence-electron chi connectivity index (χ1n) is 5.21. The molecule has 0 radical (unpaired) electrons. The second-order valence-electron chi connectivity index (χ2n) is 4.10. The molecule has 0 fully saturated rings. The molecule has 0 saturated heterocycles. The lowest BCUT2D eigenvalue weighted by Gasteiger charge is -2.24. The normalized spacial score (nSPS) is 12.0. The number of hydrogen-bond acceptors (Lipinski definition) is 5. The Bertz CT molecular complexity index is 299. The van der Waals surface area contributed by atoms with E-state index in [1.54, 1.807) is 18.7 Å². The van der Waals surface area contributed by atoms with Crippen LogP contribution in [0.1, 0.15) is 33.1 Å². The molecule has 86 valence electrons. The topological polar surface area (TPSA) is 51.0 Å². The third-order valence-corrected chi connectivity index (χ3v) is 3.14. The molecule has 0 amide bonds. The minimum absolute atomic E-state index is 0.214. The van der Waals surface area contributed by atoms with E-state index in [2.05, 4.69) is 36.3 Å². The number of rotatable bonds is 6. The highest BCUT2D eigenvalue weighted by Crippen LogP contribution is 2.15. The summed E-state index contributed by atoms with van der Waals surface area (Å²) in [7, 11) is 0. The predicted molar refractivity (Wildman–Crippen MR) is 62.1 cm³/mol. The van der Waals surface area contributed by atoms with Gasteiger partial charge < -0.3 is 9.73 Å². The summed E-state index contributed by atoms with van der Waals surface area (Å²) in [5, 5.41) is 11.8. The van der Waals surface area contributed by atoms with Gasteiger partial charge in [0.15, 0.2) is 0 Å². The van der Waals surface area contributed by atoms with Gasteiger partial charge in [0.2, 0.25) is 5.89 Å². The molecular weight excluding hydrogens is 210 g/mol. The lowest BCUT2D eigenvalue weighted by molar-refractivity contribution is 0.387. The zero-order valence-electron chi connectivity index (χ0n) is 9.83. The fourth-order valence-corrected chi connectivity index (χ4v) is 1.65. The third kappa shape index (κ3) is 4.66. The highest BCUT2D eigenvalue weighted by atomic mass is 32.2. The Morgan fingerprint density at radius 1 is 1.40 bits per heavy atom. The van der Waals surface area contributed by atoms with Gasteiger partial charge >= 0.3 is 0 Å². The molecule has 0 unspecified atom stereocenters. The maximum absolute atomic E-state index is 5.25. The molecule has 0 aliphatic carbocycles. The Kier molecular flexibility index (Phi) is 4.60. The molecule has 0 bridgehead atoms. The standard InChI is InChI=1S/C10H19N3OS/c1-5-10(3,4)11-6-7-15-9-13-12-8(2)14-9/h11H,5-7H2,1-4H3. The highest BCUT2D eigenvalue weighted by molar-refractivity contribution is 7.99. The van der Waals surface area contributed by atoms with Crippen molar-refractivity contribution in [3.63, 3.8) is 0 Å². The summed E-state index contributed by atoms with van der Waals surface area (Å²) in [4.78, 5) is 0. The van der Waals surface area contributed by atoms with Gasteiger partial charge in [-0.3, -0.25) is 0 Å². The van der Waals surface area contributed by atoms with E-state index >= 15 is 0 Å². The first-order chi connectivity index (χ1) is 7.03. The molecule has 0 saturated carbocycles. The Morgan fingerprint density at radius 3 is 2.67 bits per heavy atom. The number of thioether (sulfide) groups is 1. The van der Waals surface area contributed by atoms with E-state index in [-0.39, 0.29) is 5.54 Å². The molecule has 0 aliphatic heterocycles. The summed E-state index contributed by atoms with van der Waals surface area (Å²) in [6, 6.07) is 0. The van der Waals surface area contributed by atoms with E-state index in [0.29, 0.717) is 11.1 Å². The quantitative estimate of drug-likeness (QED) is 0.599. The van der Waals surface area contributed by atoms with Crippen LogP contribution >= 0.6 is 11.8 Å². The Balaban J connectivity index is 2.17. The van der Waals surface area contributed by atoms with Crippen LogP contribution in [0.3, 0.4) is 0 Å². The van der Waals surface area contributed by atoms with E-state index in [4.69, 9.17) is 4.42 Å². The number of nitrogens with zero attached hydrogens (tertiary/aromatic N) is 2. The van der Waals surface area contributed by atoms with Crippen molar-refractivity contribution < 1.29 is 4.42 Å². The molecular formula is C10H19N3OS. The highest BCUT2D eigenvalue weighted by Gasteiger charge is 2.13. The largest absolute Gasteiger partial charge is 0.416 e. The molecule has 0 spiro atoms. The van der Waals surface area contributed by atoms with Crippen molar-refractivity contribution in [2.24, 2.45) is 0 Å². The molecule has 1 heterocycles. The molecule has 0 aliphatic rings. The lowest BCUT2D eigenvalue weighted by Crippen LogP contribution is -2.39. The van der Waals surface area contributed by atoms with Gasteiger partial charge in [-0.25, -0.2) is 0 Å². The first kappa shape index (κ1) is 12.5. The predicted octanol–water partition coefficient (Wildman–Crippen LogP) is 2.25. The van der Waals surface area contributed by atoms with Gasteiger partial charge in [0.05, 0.1) is 0 Å². The van der Waals surface area contributed by atoms with Gasteiger partial charge in [0.1, 0.15) is 0 Å². The van der Waals surface area contributed by atoms with Crippen LogP contribution < -0.4 is 5.32 Å². The molecule has 0 aromatic carbocycles. The first-order valence-corrected chi connectivity index (χ1v) is 6.20. The fraction of sp³-hybridized carbons (Fsp3) is 0.800. The number of aromatic nitrogens is 2. The number of nitrogens with one attached hydrogen (secondary N) is 1. The summed E-state index contributed by atoms with van der Waals surface area (Å²) in [6.07, 6.45) is 1.12. The zero-order chi connectivity index (χ0) is 11.3. The zero-order valence-corrected chi connectivity index (χ0v) is 10.6. The summed E-state index contributed by atoms with van der Waals surface area (Å²) in [6.45, 7) is 9.34. The fourth-order valence-electron chi connectivity index (χ4n) is 0.990. The molecule has 15 heavy (non-hydrogen) atoms. The average Bonchev–Trinajstić information content (AvgIpc) is 2.59. The van der Waals surface area contributed by atoms with Crippen molar-refractivity contribution in [3.05, 3.63) is 5.89 Å². The lowest BCUT2D eigenvalue weighted by atomic mass is 10.0. The van der Waals surface area contributed by atoms with E-state index < -0.39 is 0 Å². The van der Waals surface area contributed by atoms with Crippen molar-refractivity contribution >= 4 is 11.8 Å². The monoisotopic (exact) mass is 229 g/mol. The van der Waals surface area contributed by atoms with Crippen molar-refractivity contribution in [2.45, 2.75) is 44.9 Å². The molecule has 1 aromatic rings. The summed E-state index contributed by atoms with van der Waals surface area (Å²) >= 11 is 1.59. The van der Waals surface area contributed by atoms with Gasteiger partial charge in [-0.05, 0) is 20.3 Å². The Morgan fingerprint density at radius 2 is 2.13 bits per heavy atom. The molecule has 1 aromatic heterocycles. The van der Waals surface area contributed by atoms with Crippen LogP contribution in [0.25, 0.3) is 0 Å². The molecule has 5 heteroatoms. The minimum atomic E-state index is 0.214. The van der Waals surface area contributed by atoms with Crippen LogP contribution in [0.15, 0.2) is 9.64 Å². The molecule has 0 atom stereocenters. The van der Waals surface area contributed by atoms with Crippen LogP contribution in [0.4, 0.5) is 0 Å². The van der Waals surface area contributed by atoms with Crippen molar-refractivity contribution in [1.29, 1.82) is 0 Å². The van der Waals surface area contributed by atoms with Crippen LogP contribution in [-0.2, 0) is 0 Å². The average molecular weight is 229 g/mol. The second kappa shape index (κ2) is 5.51. The van der Waals surface area contributed by atoms with Gasteiger partial charge in [-0.15, -0.1) is 10.2 Å². The number of hydrogen-bond donors (Lipinski definition) is 1. The second-order valence-corrected chi connectivity index (χ2v) is 5.15. The van der Waals surface area contributed by atoms with Crippen molar-refractivity contribution in [2.75, 3.05) is 12.3 Å². The molecule has 4 nitrogen and oxygen atoms in total. The van der Waals surface area contributed by atoms with Crippen LogP contribution in [-0.4, -0.2) is 28.0 Å². The summed E-state index contributed by atoms with van der Waals surface area (Å²) in [5.41, 5.74) is 0.214. The van der Waals surface area contributed by atoms with Gasteiger partial charge in [-0.1, -0.05) is 18.7 Å². The van der Waals surface area contributed by atoms with Crippen LogP contribution in [0.5, 0.6) is 0 Å². The van der Waals surface area contributed by atoms with E-state index in [1.807, 2.05) is 0 Å². The molecule has 1 rings (SSSR count). The van der Waals surface area contributed by atoms with Gasteiger partial charge in [0.25, 0.3) is 5.22 Å². The van der Waals surface area contributed by atoms with E-state index in [0.717, 1.165) is 18.7 Å². The Labute approximate surface area is 95.2 Å². The van der Waals surface area contributed by atoms with Crippen LogP contribution in [0, 0.1) is 6.92 Å². The van der Waals surface area contributed by atoms with Crippen molar-refractivity contribution in [3.8, 4) is 0 Å². The maximum atomic E-state index is 5.25. The maximum Gasteiger partial charge on any atom is 0.276 e. The smallest absolute Gasteiger partial charge is 0.276 e. The van der Waals surface area contributed by atoms with Crippen LogP contribution in [0.2, 0.25) is 0 Å². The van der Waals surface area contributed by atoms with E-state index in [1.165, 1.54) is 0 Å².